The van der Waals surface area contributed by atoms with Crippen LogP contribution in [0.5, 0.6) is 0 Å². The summed E-state index contributed by atoms with van der Waals surface area (Å²) in [5.74, 6) is -1.94. The van der Waals surface area contributed by atoms with E-state index in [1.807, 2.05) is 0 Å². The summed E-state index contributed by atoms with van der Waals surface area (Å²) in [5.41, 5.74) is -0.882. The van der Waals surface area contributed by atoms with Crippen molar-refractivity contribution >= 4 is 17.8 Å². The van der Waals surface area contributed by atoms with Crippen molar-refractivity contribution in [3.05, 3.63) is 24.2 Å². The molecule has 146 valence electrons. The number of carbonyl (C=O) groups excluding carboxylic acids is 3. The fraction of sp³-hybridized carbons (Fsp3) is 0.579. The number of hydrogen-bond acceptors (Lipinski definition) is 6. The van der Waals surface area contributed by atoms with Gasteiger partial charge in [0.15, 0.2) is 12.4 Å². The number of esters is 1. The molecule has 8 nitrogen and oxygen atoms in total. The molecule has 1 heterocycles. The molecule has 27 heavy (non-hydrogen) atoms. The standard InChI is InChI=1S/C19H25N3O5/c1-13(2)16(21-17(24)14-7-6-10-26-14)18(25)27-11-15(23)22-19(12-20)8-4-3-5-9-19/h6-7,10,13,16H,3-5,8-9,11H2,1-2H3,(H,21,24)(H,22,23)/t16-/m0/s1. The van der Waals surface area contributed by atoms with Crippen LogP contribution >= 0.6 is 0 Å². The van der Waals surface area contributed by atoms with Crippen molar-refractivity contribution in [2.24, 2.45) is 5.92 Å². The summed E-state index contributed by atoms with van der Waals surface area (Å²) in [5, 5.41) is 14.6. The Morgan fingerprint density at radius 3 is 2.56 bits per heavy atom. The molecule has 0 unspecified atom stereocenters. The lowest BCUT2D eigenvalue weighted by Crippen LogP contribution is -2.51. The fourth-order valence-electron chi connectivity index (χ4n) is 3.07. The number of nitriles is 1. The lowest BCUT2D eigenvalue weighted by Gasteiger charge is -2.31. The summed E-state index contributed by atoms with van der Waals surface area (Å²) in [7, 11) is 0. The van der Waals surface area contributed by atoms with Gasteiger partial charge in [-0.05, 0) is 30.9 Å². The summed E-state index contributed by atoms with van der Waals surface area (Å²) in [6.07, 6.45) is 5.34. The maximum absolute atomic E-state index is 12.3. The molecule has 0 aliphatic heterocycles. The monoisotopic (exact) mass is 375 g/mol. The molecule has 2 amide bonds. The third-order valence-electron chi connectivity index (χ3n) is 4.60. The molecule has 1 atom stereocenters. The van der Waals surface area contributed by atoms with Gasteiger partial charge < -0.3 is 19.8 Å². The van der Waals surface area contributed by atoms with Gasteiger partial charge in [-0.15, -0.1) is 0 Å². The Hall–Kier alpha value is -2.82. The van der Waals surface area contributed by atoms with E-state index in [0.717, 1.165) is 19.3 Å². The first-order valence-corrected chi connectivity index (χ1v) is 9.10. The van der Waals surface area contributed by atoms with Crippen LogP contribution in [0.4, 0.5) is 0 Å². The van der Waals surface area contributed by atoms with Crippen molar-refractivity contribution in [1.82, 2.24) is 10.6 Å². The fourth-order valence-corrected chi connectivity index (χ4v) is 3.07. The van der Waals surface area contributed by atoms with E-state index in [-0.39, 0.29) is 11.7 Å². The van der Waals surface area contributed by atoms with Crippen molar-refractivity contribution in [2.45, 2.75) is 57.5 Å². The van der Waals surface area contributed by atoms with Gasteiger partial charge in [0.05, 0.1) is 12.3 Å². The number of carbonyl (C=O) groups is 3. The maximum atomic E-state index is 12.3. The Labute approximate surface area is 158 Å². The maximum Gasteiger partial charge on any atom is 0.329 e. The Morgan fingerprint density at radius 1 is 1.30 bits per heavy atom. The van der Waals surface area contributed by atoms with Crippen LogP contribution in [0.15, 0.2) is 22.8 Å². The normalized spacial score (nSPS) is 16.8. The molecular weight excluding hydrogens is 350 g/mol. The molecule has 1 aliphatic rings. The van der Waals surface area contributed by atoms with E-state index in [0.29, 0.717) is 12.8 Å². The Kier molecular flexibility index (Phi) is 6.99. The molecule has 1 aromatic heterocycles. The Morgan fingerprint density at radius 2 is 2.00 bits per heavy atom. The van der Waals surface area contributed by atoms with E-state index >= 15 is 0 Å². The van der Waals surface area contributed by atoms with Gasteiger partial charge in [0.25, 0.3) is 11.8 Å². The molecule has 1 aromatic rings. The number of furan rings is 1. The van der Waals surface area contributed by atoms with Gasteiger partial charge >= 0.3 is 5.97 Å². The summed E-state index contributed by atoms with van der Waals surface area (Å²) < 4.78 is 10.1. The molecule has 1 fully saturated rings. The van der Waals surface area contributed by atoms with Crippen LogP contribution in [0.2, 0.25) is 0 Å². The summed E-state index contributed by atoms with van der Waals surface area (Å²) in [6, 6.07) is 4.31. The van der Waals surface area contributed by atoms with E-state index in [9.17, 15) is 19.6 Å². The van der Waals surface area contributed by atoms with Crippen molar-refractivity contribution in [1.29, 1.82) is 5.26 Å². The van der Waals surface area contributed by atoms with Gasteiger partial charge in [-0.1, -0.05) is 33.1 Å². The number of amides is 2. The number of rotatable bonds is 7. The first-order valence-electron chi connectivity index (χ1n) is 9.10. The molecule has 1 saturated carbocycles. The van der Waals surface area contributed by atoms with Crippen LogP contribution in [0.3, 0.4) is 0 Å². The summed E-state index contributed by atoms with van der Waals surface area (Å²) in [6.45, 7) is 3.00. The van der Waals surface area contributed by atoms with E-state index in [1.54, 1.807) is 19.9 Å². The second kappa shape index (κ2) is 9.21. The largest absolute Gasteiger partial charge is 0.459 e. The van der Waals surface area contributed by atoms with E-state index in [2.05, 4.69) is 16.7 Å². The van der Waals surface area contributed by atoms with Gasteiger partial charge in [0, 0.05) is 0 Å². The molecule has 0 radical (unpaired) electrons. The third kappa shape index (κ3) is 5.58. The highest BCUT2D eigenvalue weighted by Gasteiger charge is 2.34. The Bertz CT molecular complexity index is 699. The van der Waals surface area contributed by atoms with Gasteiger partial charge in [-0.2, -0.15) is 5.26 Å². The van der Waals surface area contributed by atoms with Gasteiger partial charge in [-0.25, -0.2) is 4.79 Å². The lowest BCUT2D eigenvalue weighted by atomic mass is 9.83. The van der Waals surface area contributed by atoms with Gasteiger partial charge in [-0.3, -0.25) is 9.59 Å². The smallest absolute Gasteiger partial charge is 0.329 e. The molecular formula is C19H25N3O5. The van der Waals surface area contributed by atoms with Crippen LogP contribution in [0, 0.1) is 17.2 Å². The number of nitrogens with zero attached hydrogens (tertiary/aromatic N) is 1. The average Bonchev–Trinajstić information content (AvgIpc) is 3.19. The molecule has 0 spiro atoms. The minimum absolute atomic E-state index is 0.0828. The summed E-state index contributed by atoms with van der Waals surface area (Å²) >= 11 is 0. The molecule has 0 bridgehead atoms. The lowest BCUT2D eigenvalue weighted by molar-refractivity contribution is -0.151. The van der Waals surface area contributed by atoms with Crippen molar-refractivity contribution in [3.8, 4) is 6.07 Å². The number of nitrogens with one attached hydrogen (secondary N) is 2. The molecule has 8 heteroatoms. The number of hydrogen-bond donors (Lipinski definition) is 2. The number of ether oxygens (including phenoxy) is 1. The highest BCUT2D eigenvalue weighted by Crippen LogP contribution is 2.27. The zero-order valence-corrected chi connectivity index (χ0v) is 15.6. The Balaban J connectivity index is 1.88. The molecule has 0 aromatic carbocycles. The predicted octanol–water partition coefficient (Wildman–Crippen LogP) is 1.92. The van der Waals surface area contributed by atoms with E-state index in [1.165, 1.54) is 12.3 Å². The minimum atomic E-state index is -0.921. The second-order valence-electron chi connectivity index (χ2n) is 7.08. The van der Waals surface area contributed by atoms with Gasteiger partial charge in [0.2, 0.25) is 0 Å². The molecule has 0 saturated heterocycles. The average molecular weight is 375 g/mol. The summed E-state index contributed by atoms with van der Waals surface area (Å²) in [4.78, 5) is 36.5. The van der Waals surface area contributed by atoms with Crippen LogP contribution in [0.25, 0.3) is 0 Å². The topological polar surface area (TPSA) is 121 Å². The third-order valence-corrected chi connectivity index (χ3v) is 4.60. The van der Waals surface area contributed by atoms with Crippen molar-refractivity contribution in [2.75, 3.05) is 6.61 Å². The predicted molar refractivity (Wildman–Crippen MR) is 95.3 cm³/mol. The van der Waals surface area contributed by atoms with Gasteiger partial charge in [0.1, 0.15) is 11.6 Å². The van der Waals surface area contributed by atoms with Crippen LogP contribution in [-0.2, 0) is 14.3 Å². The zero-order chi connectivity index (χ0) is 19.9. The van der Waals surface area contributed by atoms with Crippen molar-refractivity contribution in [3.63, 3.8) is 0 Å². The highest BCUT2D eigenvalue weighted by molar-refractivity contribution is 5.94. The first-order chi connectivity index (χ1) is 12.9. The quantitative estimate of drug-likeness (QED) is 0.702. The van der Waals surface area contributed by atoms with E-state index < -0.39 is 36.0 Å². The van der Waals surface area contributed by atoms with Crippen LogP contribution in [-0.4, -0.2) is 36.0 Å². The van der Waals surface area contributed by atoms with Crippen molar-refractivity contribution < 1.29 is 23.5 Å². The minimum Gasteiger partial charge on any atom is -0.459 e. The molecule has 1 aliphatic carbocycles. The zero-order valence-electron chi connectivity index (χ0n) is 15.6. The first kappa shape index (κ1) is 20.5. The van der Waals surface area contributed by atoms with E-state index in [4.69, 9.17) is 9.15 Å². The molecule has 2 rings (SSSR count). The van der Waals surface area contributed by atoms with Crippen LogP contribution in [0.1, 0.15) is 56.5 Å². The molecule has 2 N–H and O–H groups in total. The second-order valence-corrected chi connectivity index (χ2v) is 7.08. The highest BCUT2D eigenvalue weighted by atomic mass is 16.5. The van der Waals surface area contributed by atoms with Crippen LogP contribution < -0.4 is 10.6 Å². The SMILES string of the molecule is CC(C)[C@H](NC(=O)c1ccco1)C(=O)OCC(=O)NC1(C#N)CCCCC1.